The van der Waals surface area contributed by atoms with Crippen LogP contribution in [0, 0.1) is 5.92 Å². The summed E-state index contributed by atoms with van der Waals surface area (Å²) in [6.45, 7) is 9.86. The maximum atomic E-state index is 12.7. The molecule has 154 valence electrons. The molecule has 2 aromatic carbocycles. The molecule has 0 radical (unpaired) electrons. The summed E-state index contributed by atoms with van der Waals surface area (Å²) in [4.78, 5) is 16.4. The molecule has 0 spiro atoms. The maximum absolute atomic E-state index is 12.7. The topological polar surface area (TPSA) is 88.2 Å². The van der Waals surface area contributed by atoms with Crippen LogP contribution < -0.4 is 10.0 Å². The predicted octanol–water partition coefficient (Wildman–Crippen LogP) is 4.99. The van der Waals surface area contributed by atoms with E-state index in [-0.39, 0.29) is 22.1 Å². The summed E-state index contributed by atoms with van der Waals surface area (Å²) >= 11 is 1.35. The summed E-state index contributed by atoms with van der Waals surface area (Å²) < 4.78 is 28.9. The van der Waals surface area contributed by atoms with Crippen LogP contribution >= 0.6 is 11.3 Å². The van der Waals surface area contributed by atoms with Crippen LogP contribution in [0.3, 0.4) is 0 Å². The number of thiazole rings is 1. The van der Waals surface area contributed by atoms with Crippen LogP contribution in [0.15, 0.2) is 47.4 Å². The minimum absolute atomic E-state index is 0.0475. The summed E-state index contributed by atoms with van der Waals surface area (Å²) in [6, 6.07) is 12.0. The molecule has 29 heavy (non-hydrogen) atoms. The minimum Gasteiger partial charge on any atom is -0.302 e. The van der Waals surface area contributed by atoms with Crippen molar-refractivity contribution in [2.45, 2.75) is 44.9 Å². The van der Waals surface area contributed by atoms with E-state index < -0.39 is 10.0 Å². The Morgan fingerprint density at radius 2 is 1.72 bits per heavy atom. The third-order valence-electron chi connectivity index (χ3n) is 4.42. The van der Waals surface area contributed by atoms with E-state index in [1.165, 1.54) is 11.3 Å². The maximum Gasteiger partial charge on any atom is 0.261 e. The van der Waals surface area contributed by atoms with Gasteiger partial charge < -0.3 is 5.32 Å². The van der Waals surface area contributed by atoms with E-state index in [0.29, 0.717) is 16.3 Å². The third-order valence-corrected chi connectivity index (χ3v) is 6.77. The van der Waals surface area contributed by atoms with Gasteiger partial charge in [0.2, 0.25) is 5.91 Å². The van der Waals surface area contributed by atoms with E-state index in [4.69, 9.17) is 0 Å². The largest absolute Gasteiger partial charge is 0.302 e. The molecule has 1 amide bonds. The molecule has 3 aromatic rings. The molecule has 6 nitrogen and oxygen atoms in total. The Hall–Kier alpha value is -2.45. The molecule has 0 aliphatic heterocycles. The van der Waals surface area contributed by atoms with E-state index in [0.717, 1.165) is 10.3 Å². The van der Waals surface area contributed by atoms with Crippen LogP contribution in [0.2, 0.25) is 0 Å². The summed E-state index contributed by atoms with van der Waals surface area (Å²) in [5, 5.41) is 3.27. The molecule has 0 saturated carbocycles. The second-order valence-corrected chi connectivity index (χ2v) is 10.9. The Morgan fingerprint density at radius 3 is 2.31 bits per heavy atom. The first-order valence-electron chi connectivity index (χ1n) is 9.30. The molecule has 0 bridgehead atoms. The van der Waals surface area contributed by atoms with Crippen molar-refractivity contribution in [3.8, 4) is 0 Å². The highest BCUT2D eigenvalue weighted by molar-refractivity contribution is 7.92. The van der Waals surface area contributed by atoms with E-state index >= 15 is 0 Å². The molecule has 0 aliphatic carbocycles. The molecule has 2 N–H and O–H groups in total. The van der Waals surface area contributed by atoms with Crippen molar-refractivity contribution in [3.63, 3.8) is 0 Å². The molecule has 0 unspecified atom stereocenters. The van der Waals surface area contributed by atoms with Gasteiger partial charge in [0.05, 0.1) is 20.8 Å². The number of hydrogen-bond acceptors (Lipinski definition) is 5. The summed E-state index contributed by atoms with van der Waals surface area (Å²) in [7, 11) is -3.71. The van der Waals surface area contributed by atoms with Crippen LogP contribution in [-0.2, 0) is 20.2 Å². The molecular formula is C21H25N3O3S2. The number of amides is 1. The van der Waals surface area contributed by atoms with Gasteiger partial charge in [-0.2, -0.15) is 0 Å². The molecule has 0 aliphatic rings. The second-order valence-electron chi connectivity index (χ2n) is 8.23. The Balaban J connectivity index is 1.82. The molecule has 0 atom stereocenters. The van der Waals surface area contributed by atoms with Crippen molar-refractivity contribution in [1.82, 2.24) is 4.98 Å². The lowest BCUT2D eigenvalue weighted by atomic mass is 9.87. The first-order chi connectivity index (χ1) is 13.5. The fourth-order valence-electron chi connectivity index (χ4n) is 2.64. The number of nitrogens with one attached hydrogen (secondary N) is 2. The molecule has 3 rings (SSSR count). The average molecular weight is 432 g/mol. The number of anilines is 2. The number of nitrogens with zero attached hydrogens (tertiary/aromatic N) is 1. The van der Waals surface area contributed by atoms with Gasteiger partial charge in [-0.1, -0.05) is 58.1 Å². The molecule has 0 saturated heterocycles. The van der Waals surface area contributed by atoms with E-state index in [1.807, 2.05) is 26.0 Å². The first kappa shape index (κ1) is 21.3. The zero-order chi connectivity index (χ0) is 21.4. The normalized spacial score (nSPS) is 12.3. The Kier molecular flexibility index (Phi) is 5.69. The number of fused-ring (bicyclic) bond motifs is 1. The smallest absolute Gasteiger partial charge is 0.261 e. The number of carbonyl (C=O) groups is 1. The van der Waals surface area contributed by atoms with Crippen LogP contribution in [0.5, 0.6) is 0 Å². The summed E-state index contributed by atoms with van der Waals surface area (Å²) in [5.41, 5.74) is 2.06. The minimum atomic E-state index is -3.71. The third kappa shape index (κ3) is 4.94. The molecular weight excluding hydrogens is 406 g/mol. The fraction of sp³-hybridized carbons (Fsp3) is 0.333. The van der Waals surface area contributed by atoms with Crippen LogP contribution in [0.1, 0.15) is 40.2 Å². The fourth-order valence-corrected chi connectivity index (χ4v) is 4.54. The summed E-state index contributed by atoms with van der Waals surface area (Å²) in [5.74, 6) is -0.252. The van der Waals surface area contributed by atoms with E-state index in [2.05, 4.69) is 35.8 Å². The van der Waals surface area contributed by atoms with Gasteiger partial charge >= 0.3 is 0 Å². The van der Waals surface area contributed by atoms with Crippen LogP contribution in [0.4, 0.5) is 10.8 Å². The Labute approximate surface area is 175 Å². The van der Waals surface area contributed by atoms with Gasteiger partial charge in [-0.05, 0) is 41.3 Å². The standard InChI is InChI=1S/C21H25N3O3S2/c1-13(2)19(25)23-20-22-17-12-15(8-11-18(17)28-20)24-29(26,27)16-9-6-14(7-10-16)21(3,4)5/h6-13,24H,1-5H3,(H,22,23,25). The van der Waals surface area contributed by atoms with Gasteiger partial charge in [0.15, 0.2) is 5.13 Å². The van der Waals surface area contributed by atoms with Crippen molar-refractivity contribution in [3.05, 3.63) is 48.0 Å². The first-order valence-corrected chi connectivity index (χ1v) is 11.6. The monoisotopic (exact) mass is 431 g/mol. The lowest BCUT2D eigenvalue weighted by Gasteiger charge is -2.19. The van der Waals surface area contributed by atoms with Gasteiger partial charge in [0.25, 0.3) is 10.0 Å². The number of carbonyl (C=O) groups excluding carboxylic acids is 1. The predicted molar refractivity (Wildman–Crippen MR) is 119 cm³/mol. The second kappa shape index (κ2) is 7.76. The molecule has 1 aromatic heterocycles. The van der Waals surface area contributed by atoms with Crippen LogP contribution in [-0.4, -0.2) is 19.3 Å². The van der Waals surface area contributed by atoms with E-state index in [1.54, 1.807) is 30.3 Å². The van der Waals surface area contributed by atoms with Gasteiger partial charge in [0.1, 0.15) is 0 Å². The summed E-state index contributed by atoms with van der Waals surface area (Å²) in [6.07, 6.45) is 0. The number of aromatic nitrogens is 1. The highest BCUT2D eigenvalue weighted by Gasteiger charge is 2.18. The zero-order valence-electron chi connectivity index (χ0n) is 17.1. The van der Waals surface area contributed by atoms with Gasteiger partial charge in [-0.3, -0.25) is 9.52 Å². The van der Waals surface area contributed by atoms with Crippen molar-refractivity contribution in [2.75, 3.05) is 10.0 Å². The highest BCUT2D eigenvalue weighted by Crippen LogP contribution is 2.29. The van der Waals surface area contributed by atoms with Crippen molar-refractivity contribution < 1.29 is 13.2 Å². The SMILES string of the molecule is CC(C)C(=O)Nc1nc2cc(NS(=O)(=O)c3ccc(C(C)(C)C)cc3)ccc2s1. The quantitative estimate of drug-likeness (QED) is 0.596. The average Bonchev–Trinajstić information content (AvgIpc) is 3.02. The van der Waals surface area contributed by atoms with Crippen molar-refractivity contribution in [2.24, 2.45) is 5.92 Å². The van der Waals surface area contributed by atoms with Crippen molar-refractivity contribution in [1.29, 1.82) is 0 Å². The number of sulfonamides is 1. The van der Waals surface area contributed by atoms with E-state index in [9.17, 15) is 13.2 Å². The number of hydrogen-bond donors (Lipinski definition) is 2. The van der Waals surface area contributed by atoms with Gasteiger partial charge in [-0.25, -0.2) is 13.4 Å². The lowest BCUT2D eigenvalue weighted by Crippen LogP contribution is -2.17. The Bertz CT molecular complexity index is 1140. The van der Waals surface area contributed by atoms with Gasteiger partial charge in [0, 0.05) is 5.92 Å². The zero-order valence-corrected chi connectivity index (χ0v) is 18.7. The van der Waals surface area contributed by atoms with Crippen LogP contribution in [0.25, 0.3) is 10.2 Å². The molecule has 8 heteroatoms. The molecule has 1 heterocycles. The van der Waals surface area contributed by atoms with Gasteiger partial charge in [-0.15, -0.1) is 0 Å². The van der Waals surface area contributed by atoms with Crippen molar-refractivity contribution >= 4 is 48.3 Å². The Morgan fingerprint density at radius 1 is 1.07 bits per heavy atom. The number of benzene rings is 2. The number of rotatable bonds is 5. The molecule has 0 fully saturated rings. The highest BCUT2D eigenvalue weighted by atomic mass is 32.2. The lowest BCUT2D eigenvalue weighted by molar-refractivity contribution is -0.118.